The molecule has 6 heteroatoms. The van der Waals surface area contributed by atoms with Crippen LogP contribution < -0.4 is 10.9 Å². The summed E-state index contributed by atoms with van der Waals surface area (Å²) in [5, 5.41) is 1.43. The molecule has 0 bridgehead atoms. The zero-order chi connectivity index (χ0) is 14.3. The van der Waals surface area contributed by atoms with Crippen LogP contribution in [-0.4, -0.2) is 5.91 Å². The van der Waals surface area contributed by atoms with Crippen LogP contribution in [0.3, 0.4) is 0 Å². The van der Waals surface area contributed by atoms with Gasteiger partial charge >= 0.3 is 0 Å². The molecule has 0 fully saturated rings. The molecule has 0 aromatic heterocycles. The molecule has 0 spiro atoms. The number of hydrogen-bond acceptors (Lipinski definition) is 2. The van der Waals surface area contributed by atoms with E-state index in [0.717, 1.165) is 11.1 Å². The van der Waals surface area contributed by atoms with Crippen LogP contribution in [0.25, 0.3) is 0 Å². The molecule has 1 amide bonds. The van der Waals surface area contributed by atoms with Crippen LogP contribution >= 0.6 is 34.8 Å². The smallest absolute Gasteiger partial charge is 0.265 e. The summed E-state index contributed by atoms with van der Waals surface area (Å²) in [6.07, 6.45) is 0. The first-order valence-corrected chi connectivity index (χ1v) is 7.00. The average molecular weight is 328 g/mol. The van der Waals surface area contributed by atoms with Crippen LogP contribution in [0.4, 0.5) is 0 Å². The van der Waals surface area contributed by atoms with Crippen molar-refractivity contribution < 1.29 is 4.79 Å². The van der Waals surface area contributed by atoms with Crippen molar-refractivity contribution in [2.75, 3.05) is 0 Å². The number of nitrogens with one attached hydrogen (secondary N) is 2. The highest BCUT2D eigenvalue weighted by Crippen LogP contribution is 2.34. The summed E-state index contributed by atoms with van der Waals surface area (Å²) in [6.45, 7) is 0. The lowest BCUT2D eigenvalue weighted by Crippen LogP contribution is -2.45. The highest BCUT2D eigenvalue weighted by Gasteiger charge is 2.27. The van der Waals surface area contributed by atoms with E-state index in [0.29, 0.717) is 20.6 Å². The lowest BCUT2D eigenvalue weighted by atomic mass is 9.93. The molecule has 2 aromatic carbocycles. The maximum absolute atomic E-state index is 11.9. The van der Waals surface area contributed by atoms with Crippen LogP contribution in [-0.2, 0) is 0 Å². The van der Waals surface area contributed by atoms with Crippen LogP contribution in [0, 0.1) is 0 Å². The number of hydrazine groups is 1. The molecule has 0 radical (unpaired) electrons. The van der Waals surface area contributed by atoms with Crippen molar-refractivity contribution in [3.8, 4) is 0 Å². The number of carbonyl (C=O) groups is 1. The summed E-state index contributed by atoms with van der Waals surface area (Å²) >= 11 is 17.9. The molecule has 1 heterocycles. The van der Waals surface area contributed by atoms with Gasteiger partial charge in [-0.2, -0.15) is 0 Å². The molecule has 20 heavy (non-hydrogen) atoms. The first-order valence-electron chi connectivity index (χ1n) is 5.86. The Morgan fingerprint density at radius 1 is 0.950 bits per heavy atom. The highest BCUT2D eigenvalue weighted by atomic mass is 35.5. The number of amides is 1. The van der Waals surface area contributed by atoms with Gasteiger partial charge in [0.25, 0.3) is 5.91 Å². The van der Waals surface area contributed by atoms with Gasteiger partial charge in [0.2, 0.25) is 0 Å². The molecule has 3 rings (SSSR count). The van der Waals surface area contributed by atoms with Crippen molar-refractivity contribution in [1.82, 2.24) is 10.9 Å². The molecule has 1 aliphatic rings. The van der Waals surface area contributed by atoms with Crippen molar-refractivity contribution >= 4 is 40.7 Å². The molecule has 2 aromatic rings. The maximum atomic E-state index is 11.9. The van der Waals surface area contributed by atoms with Crippen LogP contribution in [0.1, 0.15) is 27.5 Å². The molecule has 0 saturated carbocycles. The van der Waals surface area contributed by atoms with E-state index in [1.54, 1.807) is 24.3 Å². The Hall–Kier alpha value is -1.26. The van der Waals surface area contributed by atoms with Crippen molar-refractivity contribution in [3.05, 3.63) is 68.2 Å². The molecule has 3 nitrogen and oxygen atoms in total. The minimum atomic E-state index is -0.233. The van der Waals surface area contributed by atoms with E-state index in [1.807, 2.05) is 12.1 Å². The van der Waals surface area contributed by atoms with Crippen molar-refractivity contribution in [3.63, 3.8) is 0 Å². The van der Waals surface area contributed by atoms with Gasteiger partial charge in [-0.3, -0.25) is 10.2 Å². The third-order valence-corrected chi connectivity index (χ3v) is 4.16. The van der Waals surface area contributed by atoms with Gasteiger partial charge in [0.05, 0.1) is 16.1 Å². The molecule has 1 aliphatic heterocycles. The molecular weight excluding hydrogens is 319 g/mol. The lowest BCUT2D eigenvalue weighted by Gasteiger charge is -2.27. The van der Waals surface area contributed by atoms with E-state index < -0.39 is 0 Å². The summed E-state index contributed by atoms with van der Waals surface area (Å²) < 4.78 is 0. The van der Waals surface area contributed by atoms with Crippen LogP contribution in [0.15, 0.2) is 36.4 Å². The number of rotatable bonds is 1. The third-order valence-electron chi connectivity index (χ3n) is 3.18. The number of carbonyl (C=O) groups excluding carboxylic acids is 1. The minimum Gasteiger partial charge on any atom is -0.287 e. The number of halogens is 3. The summed E-state index contributed by atoms with van der Waals surface area (Å²) in [5.41, 5.74) is 7.85. The highest BCUT2D eigenvalue weighted by molar-refractivity contribution is 6.42. The molecule has 102 valence electrons. The van der Waals surface area contributed by atoms with Crippen LogP contribution in [0.5, 0.6) is 0 Å². The number of benzene rings is 2. The maximum Gasteiger partial charge on any atom is 0.265 e. The molecule has 2 N–H and O–H groups in total. The average Bonchev–Trinajstić information content (AvgIpc) is 2.43. The van der Waals surface area contributed by atoms with Gasteiger partial charge in [-0.25, -0.2) is 5.43 Å². The minimum absolute atomic E-state index is 0.199. The van der Waals surface area contributed by atoms with Gasteiger partial charge in [-0.1, -0.05) is 46.9 Å². The SMILES string of the molecule is O=C1NNC(c2ccc(Cl)cc2)c2cc(Cl)c(Cl)cc21. The van der Waals surface area contributed by atoms with Gasteiger partial charge in [-0.05, 0) is 35.4 Å². The zero-order valence-corrected chi connectivity index (χ0v) is 12.4. The van der Waals surface area contributed by atoms with Gasteiger partial charge < -0.3 is 0 Å². The topological polar surface area (TPSA) is 41.1 Å². The Balaban J connectivity index is 2.12. The predicted molar refractivity (Wildman–Crippen MR) is 80.4 cm³/mol. The first-order chi connectivity index (χ1) is 9.56. The molecule has 0 saturated heterocycles. The quantitative estimate of drug-likeness (QED) is 0.831. The van der Waals surface area contributed by atoms with E-state index in [9.17, 15) is 4.79 Å². The summed E-state index contributed by atoms with van der Waals surface area (Å²) in [7, 11) is 0. The second-order valence-electron chi connectivity index (χ2n) is 4.44. The Labute approximate surface area is 130 Å². The van der Waals surface area contributed by atoms with Crippen molar-refractivity contribution in [2.24, 2.45) is 0 Å². The fourth-order valence-electron chi connectivity index (χ4n) is 2.20. The van der Waals surface area contributed by atoms with Gasteiger partial charge in [0.1, 0.15) is 0 Å². The Morgan fingerprint density at radius 3 is 2.30 bits per heavy atom. The van der Waals surface area contributed by atoms with Gasteiger partial charge in [0, 0.05) is 10.6 Å². The monoisotopic (exact) mass is 326 g/mol. The fraction of sp³-hybridized carbons (Fsp3) is 0.0714. The third kappa shape index (κ3) is 2.38. The number of fused-ring (bicyclic) bond motifs is 1. The standard InChI is InChI=1S/C14H9Cl3N2O/c15-8-3-1-7(2-4-8)13-9-5-11(16)12(17)6-10(9)14(20)19-18-13/h1-6,13,18H,(H,19,20). The summed E-state index contributed by atoms with van der Waals surface area (Å²) in [6, 6.07) is 10.5. The van der Waals surface area contributed by atoms with Gasteiger partial charge in [-0.15, -0.1) is 0 Å². The van der Waals surface area contributed by atoms with E-state index in [-0.39, 0.29) is 11.9 Å². The zero-order valence-electron chi connectivity index (χ0n) is 10.1. The van der Waals surface area contributed by atoms with Gasteiger partial charge in [0.15, 0.2) is 0 Å². The largest absolute Gasteiger partial charge is 0.287 e. The van der Waals surface area contributed by atoms with Crippen molar-refractivity contribution in [1.29, 1.82) is 0 Å². The Kier molecular flexibility index (Phi) is 3.61. The fourth-order valence-corrected chi connectivity index (χ4v) is 2.66. The van der Waals surface area contributed by atoms with E-state index in [1.165, 1.54) is 0 Å². The van der Waals surface area contributed by atoms with Crippen molar-refractivity contribution in [2.45, 2.75) is 6.04 Å². The second kappa shape index (κ2) is 5.26. The predicted octanol–water partition coefficient (Wildman–Crippen LogP) is 3.98. The molecule has 0 aliphatic carbocycles. The first kappa shape index (κ1) is 13.7. The molecule has 1 unspecified atom stereocenters. The normalized spacial score (nSPS) is 17.6. The van der Waals surface area contributed by atoms with E-state index >= 15 is 0 Å². The van der Waals surface area contributed by atoms with E-state index in [2.05, 4.69) is 10.9 Å². The van der Waals surface area contributed by atoms with Crippen LogP contribution in [0.2, 0.25) is 15.1 Å². The summed E-state index contributed by atoms with van der Waals surface area (Å²) in [5.74, 6) is -0.233. The molecule has 1 atom stereocenters. The Morgan fingerprint density at radius 2 is 1.60 bits per heavy atom. The van der Waals surface area contributed by atoms with E-state index in [4.69, 9.17) is 34.8 Å². The Bertz CT molecular complexity index is 686. The molecular formula is C14H9Cl3N2O. The lowest BCUT2D eigenvalue weighted by molar-refractivity contribution is 0.0913. The number of hydrogen-bond donors (Lipinski definition) is 2. The summed E-state index contributed by atoms with van der Waals surface area (Å²) in [4.78, 5) is 11.9. The second-order valence-corrected chi connectivity index (χ2v) is 5.69.